The molecule has 0 amide bonds. The van der Waals surface area contributed by atoms with Crippen LogP contribution in [0.2, 0.25) is 0 Å². The lowest BCUT2D eigenvalue weighted by molar-refractivity contribution is 0.00943. The zero-order valence-electron chi connectivity index (χ0n) is 11.7. The molecule has 21 heavy (non-hydrogen) atoms. The molecule has 2 atom stereocenters. The summed E-state index contributed by atoms with van der Waals surface area (Å²) in [6, 6.07) is 8.22. The number of fused-ring (bicyclic) bond motifs is 3. The number of aromatic nitrogens is 2. The maximum absolute atomic E-state index is 12.7. The van der Waals surface area contributed by atoms with E-state index in [1.165, 1.54) is 0 Å². The van der Waals surface area contributed by atoms with Gasteiger partial charge >= 0.3 is 0 Å². The van der Waals surface area contributed by atoms with E-state index in [1.807, 2.05) is 24.3 Å². The summed E-state index contributed by atoms with van der Waals surface area (Å²) < 4.78 is 5.53. The van der Waals surface area contributed by atoms with Gasteiger partial charge in [-0.2, -0.15) is 0 Å². The van der Waals surface area contributed by atoms with Gasteiger partial charge in [-0.15, -0.1) is 0 Å². The number of carbonyl (C=O) groups is 1. The number of rotatable bonds is 2. The molecule has 2 aromatic rings. The number of para-hydroxylation sites is 2. The lowest BCUT2D eigenvalue weighted by Crippen LogP contribution is -2.55. The third-order valence-electron chi connectivity index (χ3n) is 4.32. The van der Waals surface area contributed by atoms with Gasteiger partial charge in [0.1, 0.15) is 5.69 Å². The van der Waals surface area contributed by atoms with Crippen LogP contribution in [0.4, 0.5) is 0 Å². The zero-order chi connectivity index (χ0) is 14.2. The van der Waals surface area contributed by atoms with E-state index in [0.717, 1.165) is 23.9 Å². The Labute approximate surface area is 122 Å². The van der Waals surface area contributed by atoms with Crippen LogP contribution in [0.5, 0.6) is 0 Å². The number of benzene rings is 1. The van der Waals surface area contributed by atoms with Crippen molar-refractivity contribution in [2.75, 3.05) is 13.2 Å². The van der Waals surface area contributed by atoms with Gasteiger partial charge < -0.3 is 10.1 Å². The number of ketones is 1. The first-order valence-corrected chi connectivity index (χ1v) is 7.39. The van der Waals surface area contributed by atoms with Gasteiger partial charge in [-0.05, 0) is 25.0 Å². The summed E-state index contributed by atoms with van der Waals surface area (Å²) in [6.07, 6.45) is 3.26. The van der Waals surface area contributed by atoms with Crippen molar-refractivity contribution in [3.8, 4) is 0 Å². The number of nitrogens with zero attached hydrogens (tertiary/aromatic N) is 2. The predicted molar refractivity (Wildman–Crippen MR) is 78.1 cm³/mol. The molecule has 1 aromatic carbocycles. The van der Waals surface area contributed by atoms with Gasteiger partial charge in [0.05, 0.1) is 30.4 Å². The molecule has 2 fully saturated rings. The number of piperidine rings is 1. The summed E-state index contributed by atoms with van der Waals surface area (Å²) in [5.41, 5.74) is 2.09. The summed E-state index contributed by atoms with van der Waals surface area (Å²) in [4.78, 5) is 21.5. The highest BCUT2D eigenvalue weighted by atomic mass is 16.5. The minimum absolute atomic E-state index is 0.0283. The monoisotopic (exact) mass is 283 g/mol. The molecule has 5 nitrogen and oxygen atoms in total. The molecule has 2 unspecified atom stereocenters. The highest BCUT2D eigenvalue weighted by molar-refractivity contribution is 5.97. The average Bonchev–Trinajstić information content (AvgIpc) is 2.53. The molecular formula is C16H17N3O2. The Hall–Kier alpha value is -1.85. The first-order chi connectivity index (χ1) is 10.3. The maximum Gasteiger partial charge on any atom is 0.185 e. The van der Waals surface area contributed by atoms with Crippen molar-refractivity contribution in [1.82, 2.24) is 15.3 Å². The summed E-state index contributed by atoms with van der Waals surface area (Å²) in [5.74, 6) is 0.146. The number of morpholine rings is 1. The van der Waals surface area contributed by atoms with Crippen LogP contribution in [0, 0.1) is 5.92 Å². The molecule has 3 heterocycles. The third-order valence-corrected chi connectivity index (χ3v) is 4.32. The summed E-state index contributed by atoms with van der Waals surface area (Å²) in [7, 11) is 0. The van der Waals surface area contributed by atoms with Crippen LogP contribution in [-0.2, 0) is 4.74 Å². The second-order valence-corrected chi connectivity index (χ2v) is 5.87. The SMILES string of the molecule is O=C(c1cnc2ccccc2n1)C1CC2COCC(C1)N2. The number of hydrogen-bond acceptors (Lipinski definition) is 5. The molecule has 0 radical (unpaired) electrons. The quantitative estimate of drug-likeness (QED) is 0.848. The van der Waals surface area contributed by atoms with Crippen molar-refractivity contribution in [2.45, 2.75) is 24.9 Å². The topological polar surface area (TPSA) is 64.1 Å². The predicted octanol–water partition coefficient (Wildman–Crippen LogP) is 1.58. The van der Waals surface area contributed by atoms with E-state index in [4.69, 9.17) is 4.74 Å². The normalized spacial score (nSPS) is 28.5. The molecule has 5 heteroatoms. The summed E-state index contributed by atoms with van der Waals surface area (Å²) in [6.45, 7) is 1.40. The van der Waals surface area contributed by atoms with Gasteiger partial charge in [0.15, 0.2) is 5.78 Å². The number of carbonyl (C=O) groups excluding carboxylic acids is 1. The van der Waals surface area contributed by atoms with Crippen molar-refractivity contribution in [3.63, 3.8) is 0 Å². The second kappa shape index (κ2) is 5.16. The fraction of sp³-hybridized carbons (Fsp3) is 0.438. The number of hydrogen-bond donors (Lipinski definition) is 1. The molecule has 108 valence electrons. The highest BCUT2D eigenvalue weighted by Gasteiger charge is 2.36. The number of nitrogens with one attached hydrogen (secondary N) is 1. The molecule has 0 aliphatic carbocycles. The van der Waals surface area contributed by atoms with Crippen LogP contribution in [0.25, 0.3) is 11.0 Å². The zero-order valence-corrected chi connectivity index (χ0v) is 11.7. The van der Waals surface area contributed by atoms with Crippen molar-refractivity contribution < 1.29 is 9.53 Å². The van der Waals surface area contributed by atoms with Crippen LogP contribution in [0.3, 0.4) is 0 Å². The van der Waals surface area contributed by atoms with Gasteiger partial charge in [0, 0.05) is 18.0 Å². The average molecular weight is 283 g/mol. The molecule has 1 aromatic heterocycles. The number of ether oxygens (including phenoxy) is 1. The summed E-state index contributed by atoms with van der Waals surface area (Å²) >= 11 is 0. The molecule has 0 saturated carbocycles. The van der Waals surface area contributed by atoms with E-state index in [0.29, 0.717) is 31.0 Å². The summed E-state index contributed by atoms with van der Waals surface area (Å²) in [5, 5.41) is 3.51. The van der Waals surface area contributed by atoms with Gasteiger partial charge in [0.2, 0.25) is 0 Å². The van der Waals surface area contributed by atoms with Crippen LogP contribution in [-0.4, -0.2) is 41.0 Å². The van der Waals surface area contributed by atoms with E-state index in [1.54, 1.807) is 6.20 Å². The minimum atomic E-state index is 0.0283. The van der Waals surface area contributed by atoms with Crippen molar-refractivity contribution in [1.29, 1.82) is 0 Å². The lowest BCUT2D eigenvalue weighted by Gasteiger charge is -2.39. The molecule has 0 spiro atoms. The van der Waals surface area contributed by atoms with E-state index in [-0.39, 0.29) is 11.7 Å². The Bertz CT molecular complexity index is 676. The van der Waals surface area contributed by atoms with Crippen LogP contribution >= 0.6 is 0 Å². The fourth-order valence-electron chi connectivity index (χ4n) is 3.34. The van der Waals surface area contributed by atoms with Crippen LogP contribution < -0.4 is 5.32 Å². The Morgan fingerprint density at radius 1 is 1.14 bits per heavy atom. The Kier molecular flexibility index (Phi) is 3.16. The second-order valence-electron chi connectivity index (χ2n) is 5.87. The number of Topliss-reactive ketones (excluding diaryl/α,β-unsaturated/α-hetero) is 1. The van der Waals surface area contributed by atoms with Crippen LogP contribution in [0.1, 0.15) is 23.3 Å². The van der Waals surface area contributed by atoms with E-state index < -0.39 is 0 Å². The molecule has 1 N–H and O–H groups in total. The highest BCUT2D eigenvalue weighted by Crippen LogP contribution is 2.26. The Morgan fingerprint density at radius 3 is 2.62 bits per heavy atom. The van der Waals surface area contributed by atoms with Gasteiger partial charge in [-0.1, -0.05) is 12.1 Å². The fourth-order valence-corrected chi connectivity index (χ4v) is 3.34. The van der Waals surface area contributed by atoms with Crippen molar-refractivity contribution >= 4 is 16.8 Å². The van der Waals surface area contributed by atoms with Crippen LogP contribution in [0.15, 0.2) is 30.5 Å². The largest absolute Gasteiger partial charge is 0.378 e. The van der Waals surface area contributed by atoms with Crippen molar-refractivity contribution in [3.05, 3.63) is 36.2 Å². The Balaban J connectivity index is 1.60. The molecule has 2 aliphatic rings. The van der Waals surface area contributed by atoms with Gasteiger partial charge in [0.25, 0.3) is 0 Å². The smallest absolute Gasteiger partial charge is 0.185 e. The Morgan fingerprint density at radius 2 is 1.86 bits per heavy atom. The maximum atomic E-state index is 12.7. The first kappa shape index (κ1) is 12.9. The van der Waals surface area contributed by atoms with Gasteiger partial charge in [-0.25, -0.2) is 4.98 Å². The molecule has 2 saturated heterocycles. The molecule has 2 aliphatic heterocycles. The molecule has 2 bridgehead atoms. The van der Waals surface area contributed by atoms with E-state index >= 15 is 0 Å². The first-order valence-electron chi connectivity index (χ1n) is 7.39. The molecular weight excluding hydrogens is 266 g/mol. The third kappa shape index (κ3) is 2.43. The van der Waals surface area contributed by atoms with Crippen molar-refractivity contribution in [2.24, 2.45) is 5.92 Å². The molecule has 4 rings (SSSR count). The van der Waals surface area contributed by atoms with Gasteiger partial charge in [-0.3, -0.25) is 9.78 Å². The standard InChI is InChI=1S/C16H17N3O2/c20-16(10-5-11-8-21-9-12(6-10)18-11)15-7-17-13-3-1-2-4-14(13)19-15/h1-4,7,10-12,18H,5-6,8-9H2. The van der Waals surface area contributed by atoms with E-state index in [2.05, 4.69) is 15.3 Å². The lowest BCUT2D eigenvalue weighted by atomic mass is 9.83. The van der Waals surface area contributed by atoms with E-state index in [9.17, 15) is 4.79 Å². The minimum Gasteiger partial charge on any atom is -0.378 e.